The molecule has 1 atom stereocenters. The first kappa shape index (κ1) is 11.3. The second kappa shape index (κ2) is 5.17. The number of hydrogen-bond acceptors (Lipinski definition) is 2. The monoisotopic (exact) mass is 195 g/mol. The molecule has 1 unspecified atom stereocenters. The van der Waals surface area contributed by atoms with Crippen molar-refractivity contribution >= 4 is 0 Å². The standard InChI is InChI=1S/C11H21N3/c1-10(12)11-6-4-8-14(11)9-5-7-13(2)3/h4,6,8,10H,5,7,9,12H2,1-3H3. The molecule has 3 nitrogen and oxygen atoms in total. The molecule has 0 saturated carbocycles. The van der Waals surface area contributed by atoms with Gasteiger partial charge in [0, 0.05) is 24.5 Å². The minimum absolute atomic E-state index is 0.129. The largest absolute Gasteiger partial charge is 0.350 e. The first-order valence-electron chi connectivity index (χ1n) is 5.16. The highest BCUT2D eigenvalue weighted by Gasteiger charge is 2.04. The molecule has 0 aliphatic carbocycles. The third kappa shape index (κ3) is 3.16. The van der Waals surface area contributed by atoms with Crippen molar-refractivity contribution in [1.82, 2.24) is 9.47 Å². The van der Waals surface area contributed by atoms with E-state index in [-0.39, 0.29) is 6.04 Å². The molecule has 0 bridgehead atoms. The van der Waals surface area contributed by atoms with Gasteiger partial charge in [0.1, 0.15) is 0 Å². The highest BCUT2D eigenvalue weighted by Crippen LogP contribution is 2.10. The summed E-state index contributed by atoms with van der Waals surface area (Å²) in [4.78, 5) is 2.20. The molecule has 0 fully saturated rings. The SMILES string of the molecule is CC(N)c1cccn1CCCN(C)C. The van der Waals surface area contributed by atoms with Gasteiger partial charge in [-0.2, -0.15) is 0 Å². The molecule has 0 amide bonds. The minimum Gasteiger partial charge on any atom is -0.350 e. The van der Waals surface area contributed by atoms with Crippen molar-refractivity contribution in [2.24, 2.45) is 5.73 Å². The summed E-state index contributed by atoms with van der Waals surface area (Å²) >= 11 is 0. The summed E-state index contributed by atoms with van der Waals surface area (Å²) < 4.78 is 2.24. The van der Waals surface area contributed by atoms with Gasteiger partial charge in [0.2, 0.25) is 0 Å². The van der Waals surface area contributed by atoms with Crippen molar-refractivity contribution in [2.45, 2.75) is 25.9 Å². The van der Waals surface area contributed by atoms with Gasteiger partial charge in [-0.25, -0.2) is 0 Å². The Labute approximate surface area is 86.5 Å². The number of hydrogen-bond donors (Lipinski definition) is 1. The molecule has 0 aliphatic heterocycles. The summed E-state index contributed by atoms with van der Waals surface area (Å²) in [6.45, 7) is 4.20. The Hall–Kier alpha value is -0.800. The predicted octanol–water partition coefficient (Wildman–Crippen LogP) is 1.46. The lowest BCUT2D eigenvalue weighted by Gasteiger charge is -2.13. The van der Waals surface area contributed by atoms with Gasteiger partial charge < -0.3 is 15.2 Å². The molecular formula is C11H21N3. The van der Waals surface area contributed by atoms with E-state index in [9.17, 15) is 0 Å². The van der Waals surface area contributed by atoms with Crippen molar-refractivity contribution in [1.29, 1.82) is 0 Å². The molecule has 1 heterocycles. The molecule has 3 heteroatoms. The highest BCUT2D eigenvalue weighted by atomic mass is 15.1. The van der Waals surface area contributed by atoms with Gasteiger partial charge in [0.05, 0.1) is 0 Å². The van der Waals surface area contributed by atoms with Crippen molar-refractivity contribution in [3.63, 3.8) is 0 Å². The Bertz CT molecular complexity index is 263. The van der Waals surface area contributed by atoms with Crippen LogP contribution in [-0.4, -0.2) is 30.1 Å². The quantitative estimate of drug-likeness (QED) is 0.772. The minimum atomic E-state index is 0.129. The number of aromatic nitrogens is 1. The summed E-state index contributed by atoms with van der Waals surface area (Å²) in [5.41, 5.74) is 7.08. The van der Waals surface area contributed by atoms with Gasteiger partial charge in [0.15, 0.2) is 0 Å². The molecule has 0 aliphatic rings. The third-order valence-electron chi connectivity index (χ3n) is 2.34. The maximum absolute atomic E-state index is 5.86. The normalized spacial score (nSPS) is 13.5. The zero-order valence-corrected chi connectivity index (χ0v) is 9.40. The first-order chi connectivity index (χ1) is 6.61. The van der Waals surface area contributed by atoms with Gasteiger partial charge in [-0.3, -0.25) is 0 Å². The second-order valence-electron chi connectivity index (χ2n) is 4.07. The van der Waals surface area contributed by atoms with Crippen LogP contribution in [-0.2, 0) is 6.54 Å². The molecule has 0 spiro atoms. The Morgan fingerprint density at radius 3 is 2.79 bits per heavy atom. The highest BCUT2D eigenvalue weighted by molar-refractivity contribution is 5.10. The number of nitrogens with two attached hydrogens (primary N) is 1. The van der Waals surface area contributed by atoms with Gasteiger partial charge in [-0.1, -0.05) is 0 Å². The van der Waals surface area contributed by atoms with E-state index < -0.39 is 0 Å². The van der Waals surface area contributed by atoms with E-state index in [2.05, 4.69) is 41.9 Å². The Balaban J connectivity index is 2.46. The Morgan fingerprint density at radius 1 is 1.50 bits per heavy atom. The topological polar surface area (TPSA) is 34.2 Å². The molecular weight excluding hydrogens is 174 g/mol. The average molecular weight is 195 g/mol. The average Bonchev–Trinajstić information content (AvgIpc) is 2.51. The molecule has 1 rings (SSSR count). The molecule has 1 aromatic rings. The van der Waals surface area contributed by atoms with Crippen LogP contribution >= 0.6 is 0 Å². The van der Waals surface area contributed by atoms with Crippen LogP contribution in [0.4, 0.5) is 0 Å². The number of nitrogens with zero attached hydrogens (tertiary/aromatic N) is 2. The maximum Gasteiger partial charge on any atom is 0.0421 e. The summed E-state index contributed by atoms with van der Waals surface area (Å²) in [6, 6.07) is 4.29. The summed E-state index contributed by atoms with van der Waals surface area (Å²) in [5, 5.41) is 0. The fraction of sp³-hybridized carbons (Fsp3) is 0.636. The molecule has 0 radical (unpaired) electrons. The molecule has 1 aromatic heterocycles. The van der Waals surface area contributed by atoms with Crippen molar-refractivity contribution in [3.8, 4) is 0 Å². The van der Waals surface area contributed by atoms with Crippen LogP contribution in [0, 0.1) is 0 Å². The molecule has 14 heavy (non-hydrogen) atoms. The summed E-state index contributed by atoms with van der Waals surface area (Å²) in [5.74, 6) is 0. The third-order valence-corrected chi connectivity index (χ3v) is 2.34. The van der Waals surface area contributed by atoms with E-state index in [0.717, 1.165) is 13.1 Å². The Morgan fingerprint density at radius 2 is 2.21 bits per heavy atom. The van der Waals surface area contributed by atoms with E-state index in [1.54, 1.807) is 0 Å². The lowest BCUT2D eigenvalue weighted by Crippen LogP contribution is -2.17. The molecule has 80 valence electrons. The van der Waals surface area contributed by atoms with E-state index in [4.69, 9.17) is 5.73 Å². The van der Waals surface area contributed by atoms with Crippen LogP contribution in [0.15, 0.2) is 18.3 Å². The Kier molecular flexibility index (Phi) is 4.17. The van der Waals surface area contributed by atoms with Gasteiger partial charge in [0.25, 0.3) is 0 Å². The van der Waals surface area contributed by atoms with Crippen molar-refractivity contribution in [3.05, 3.63) is 24.0 Å². The van der Waals surface area contributed by atoms with Crippen LogP contribution in [0.5, 0.6) is 0 Å². The number of aryl methyl sites for hydroxylation is 1. The van der Waals surface area contributed by atoms with E-state index in [0.29, 0.717) is 0 Å². The second-order valence-corrected chi connectivity index (χ2v) is 4.07. The number of rotatable bonds is 5. The summed E-state index contributed by atoms with van der Waals surface area (Å²) in [6.07, 6.45) is 3.27. The zero-order chi connectivity index (χ0) is 10.6. The van der Waals surface area contributed by atoms with Gasteiger partial charge in [-0.05, 0) is 46.1 Å². The van der Waals surface area contributed by atoms with Crippen LogP contribution in [0.3, 0.4) is 0 Å². The van der Waals surface area contributed by atoms with Crippen molar-refractivity contribution in [2.75, 3.05) is 20.6 Å². The van der Waals surface area contributed by atoms with Crippen LogP contribution in [0.1, 0.15) is 25.1 Å². The first-order valence-corrected chi connectivity index (χ1v) is 5.16. The smallest absolute Gasteiger partial charge is 0.0421 e. The molecule has 2 N–H and O–H groups in total. The zero-order valence-electron chi connectivity index (χ0n) is 9.40. The van der Waals surface area contributed by atoms with Crippen molar-refractivity contribution < 1.29 is 0 Å². The van der Waals surface area contributed by atoms with Crippen LogP contribution in [0.25, 0.3) is 0 Å². The van der Waals surface area contributed by atoms with Crippen LogP contribution in [0.2, 0.25) is 0 Å². The van der Waals surface area contributed by atoms with Gasteiger partial charge >= 0.3 is 0 Å². The molecule has 0 saturated heterocycles. The lowest BCUT2D eigenvalue weighted by atomic mass is 10.2. The fourth-order valence-corrected chi connectivity index (χ4v) is 1.60. The molecule has 0 aromatic carbocycles. The van der Waals surface area contributed by atoms with Gasteiger partial charge in [-0.15, -0.1) is 0 Å². The predicted molar refractivity (Wildman–Crippen MR) is 60.2 cm³/mol. The fourth-order valence-electron chi connectivity index (χ4n) is 1.60. The van der Waals surface area contributed by atoms with Crippen LogP contribution < -0.4 is 5.73 Å². The van der Waals surface area contributed by atoms with E-state index >= 15 is 0 Å². The van der Waals surface area contributed by atoms with E-state index in [1.165, 1.54) is 12.1 Å². The van der Waals surface area contributed by atoms with E-state index in [1.807, 2.05) is 6.92 Å². The lowest BCUT2D eigenvalue weighted by molar-refractivity contribution is 0.384. The summed E-state index contributed by atoms with van der Waals surface area (Å²) in [7, 11) is 4.20. The maximum atomic E-state index is 5.86.